The molecule has 0 aliphatic carbocycles. The molecule has 2 amide bonds. The van der Waals surface area contributed by atoms with E-state index in [2.05, 4.69) is 33.1 Å². The quantitative estimate of drug-likeness (QED) is 0.162. The molecule has 45 heavy (non-hydrogen) atoms. The fourth-order valence-electron chi connectivity index (χ4n) is 5.04. The molecule has 1 fully saturated rings. The summed E-state index contributed by atoms with van der Waals surface area (Å²) >= 11 is 1.51. The average Bonchev–Trinajstić information content (AvgIpc) is 3.48. The SMILES string of the molecule is COC(=O)C(Cc1ccccc1)NC(=O)Nc1ccc(C2OC(CSc3nnnn3C)C(C)C(c3ccc(CO)cc3)O2)cc1. The zero-order valence-electron chi connectivity index (χ0n) is 25.2. The summed E-state index contributed by atoms with van der Waals surface area (Å²) in [5, 5.41) is 27.4. The van der Waals surface area contributed by atoms with Gasteiger partial charge in [0.05, 0.1) is 25.9 Å². The lowest BCUT2D eigenvalue weighted by molar-refractivity contribution is -0.268. The number of hydrogen-bond donors (Lipinski definition) is 3. The van der Waals surface area contributed by atoms with Crippen LogP contribution in [-0.4, -0.2) is 62.3 Å². The van der Waals surface area contributed by atoms with Crippen molar-refractivity contribution >= 4 is 29.4 Å². The number of thioether (sulfide) groups is 1. The molecule has 236 valence electrons. The maximum Gasteiger partial charge on any atom is 0.328 e. The summed E-state index contributed by atoms with van der Waals surface area (Å²) in [6.45, 7) is 2.05. The second kappa shape index (κ2) is 15.1. The van der Waals surface area contributed by atoms with Crippen LogP contribution in [0.15, 0.2) is 84.0 Å². The standard InChI is InChI=1S/C32H36N6O6S/c1-20-27(19-45-32-35-36-37-38(32)2)43-30(44-28(20)23-11-9-22(18-39)10-12-23)24-13-15-25(16-14-24)33-31(41)34-26(29(40)42-3)17-21-7-5-4-6-8-21/h4-16,20,26-28,30,39H,17-19H2,1-3H3,(H2,33,34,41). The molecule has 3 aromatic carbocycles. The van der Waals surface area contributed by atoms with Crippen LogP contribution in [0.25, 0.3) is 0 Å². The maximum atomic E-state index is 12.8. The first-order valence-electron chi connectivity index (χ1n) is 14.5. The number of esters is 1. The summed E-state index contributed by atoms with van der Waals surface area (Å²) in [5.41, 5.74) is 4.00. The summed E-state index contributed by atoms with van der Waals surface area (Å²) in [6.07, 6.45) is -0.852. The van der Waals surface area contributed by atoms with Crippen LogP contribution in [0, 0.1) is 5.92 Å². The molecular formula is C32H36N6O6S. The highest BCUT2D eigenvalue weighted by atomic mass is 32.2. The lowest BCUT2D eigenvalue weighted by Crippen LogP contribution is -2.45. The monoisotopic (exact) mass is 632 g/mol. The highest BCUT2D eigenvalue weighted by molar-refractivity contribution is 7.99. The van der Waals surface area contributed by atoms with Gasteiger partial charge in [-0.2, -0.15) is 0 Å². The fourth-order valence-corrected chi connectivity index (χ4v) is 6.06. The summed E-state index contributed by atoms with van der Waals surface area (Å²) in [6, 6.07) is 22.9. The minimum absolute atomic E-state index is 0.00167. The third-order valence-corrected chi connectivity index (χ3v) is 8.70. The smallest absolute Gasteiger partial charge is 0.328 e. The van der Waals surface area contributed by atoms with Crippen LogP contribution in [0.3, 0.4) is 0 Å². The van der Waals surface area contributed by atoms with E-state index in [1.165, 1.54) is 18.9 Å². The zero-order valence-corrected chi connectivity index (χ0v) is 26.0. The van der Waals surface area contributed by atoms with Gasteiger partial charge in [-0.1, -0.05) is 85.4 Å². The minimum atomic E-state index is -0.849. The van der Waals surface area contributed by atoms with Crippen LogP contribution in [0.2, 0.25) is 0 Å². The van der Waals surface area contributed by atoms with Crippen molar-refractivity contribution in [3.63, 3.8) is 0 Å². The fraction of sp³-hybridized carbons (Fsp3) is 0.344. The van der Waals surface area contributed by atoms with Gasteiger partial charge >= 0.3 is 12.0 Å². The molecule has 0 bridgehead atoms. The van der Waals surface area contributed by atoms with Crippen molar-refractivity contribution in [1.29, 1.82) is 0 Å². The van der Waals surface area contributed by atoms with Gasteiger partial charge in [0.25, 0.3) is 0 Å². The largest absolute Gasteiger partial charge is 0.467 e. The number of nitrogens with zero attached hydrogens (tertiary/aromatic N) is 4. The second-order valence-electron chi connectivity index (χ2n) is 10.7. The first kappa shape index (κ1) is 32.1. The molecule has 0 saturated carbocycles. The predicted molar refractivity (Wildman–Crippen MR) is 167 cm³/mol. The van der Waals surface area contributed by atoms with E-state index < -0.39 is 24.3 Å². The van der Waals surface area contributed by atoms with Crippen molar-refractivity contribution in [1.82, 2.24) is 25.5 Å². The van der Waals surface area contributed by atoms with Crippen LogP contribution in [0.1, 0.15) is 41.6 Å². The Morgan fingerprint density at radius 3 is 2.36 bits per heavy atom. The molecule has 0 spiro atoms. The number of aliphatic hydroxyl groups is 1. The number of ether oxygens (including phenoxy) is 3. The number of urea groups is 1. The van der Waals surface area contributed by atoms with Gasteiger partial charge in [0.15, 0.2) is 6.29 Å². The number of carbonyl (C=O) groups is 2. The third kappa shape index (κ3) is 8.25. The van der Waals surface area contributed by atoms with E-state index >= 15 is 0 Å². The molecule has 4 aromatic rings. The van der Waals surface area contributed by atoms with Crippen molar-refractivity contribution in [2.24, 2.45) is 13.0 Å². The number of methoxy groups -OCH3 is 1. The van der Waals surface area contributed by atoms with Gasteiger partial charge in [0, 0.05) is 36.4 Å². The van der Waals surface area contributed by atoms with E-state index in [4.69, 9.17) is 14.2 Å². The normalized spacial score (nSPS) is 20.3. The summed E-state index contributed by atoms with van der Waals surface area (Å²) in [4.78, 5) is 25.2. The molecule has 12 nitrogen and oxygen atoms in total. The van der Waals surface area contributed by atoms with Crippen molar-refractivity contribution in [3.05, 3.63) is 101 Å². The molecule has 5 atom stereocenters. The Morgan fingerprint density at radius 2 is 1.71 bits per heavy atom. The van der Waals surface area contributed by atoms with Crippen molar-refractivity contribution in [3.8, 4) is 0 Å². The van der Waals surface area contributed by atoms with E-state index in [1.54, 1.807) is 23.9 Å². The van der Waals surface area contributed by atoms with E-state index in [-0.39, 0.29) is 24.7 Å². The number of anilines is 1. The van der Waals surface area contributed by atoms with Gasteiger partial charge in [-0.3, -0.25) is 0 Å². The van der Waals surface area contributed by atoms with E-state index in [1.807, 2.05) is 66.7 Å². The number of rotatable bonds is 11. The highest BCUT2D eigenvalue weighted by Gasteiger charge is 2.38. The Morgan fingerprint density at radius 1 is 1.00 bits per heavy atom. The zero-order chi connectivity index (χ0) is 31.8. The van der Waals surface area contributed by atoms with Gasteiger partial charge < -0.3 is 30.0 Å². The molecule has 1 aliphatic rings. The first-order chi connectivity index (χ1) is 21.8. The second-order valence-corrected chi connectivity index (χ2v) is 11.7. The van der Waals surface area contributed by atoms with Crippen molar-refractivity contribution < 1.29 is 28.9 Å². The van der Waals surface area contributed by atoms with E-state index in [0.29, 0.717) is 23.0 Å². The Hall–Kier alpha value is -4.30. The molecule has 5 rings (SSSR count). The number of tetrazole rings is 1. The lowest BCUT2D eigenvalue weighted by Gasteiger charge is -2.41. The number of hydrogen-bond acceptors (Lipinski definition) is 10. The number of aromatic nitrogens is 4. The van der Waals surface area contributed by atoms with Crippen LogP contribution < -0.4 is 10.6 Å². The Bertz CT molecular complexity index is 1550. The molecule has 0 radical (unpaired) electrons. The number of benzene rings is 3. The van der Waals surface area contributed by atoms with Crippen LogP contribution in [-0.2, 0) is 39.1 Å². The van der Waals surface area contributed by atoms with Crippen LogP contribution in [0.5, 0.6) is 0 Å². The number of carbonyl (C=O) groups excluding carboxylic acids is 2. The van der Waals surface area contributed by atoms with Gasteiger partial charge in [-0.25, -0.2) is 14.3 Å². The topological polar surface area (TPSA) is 150 Å². The van der Waals surface area contributed by atoms with Gasteiger partial charge in [0.1, 0.15) is 6.04 Å². The van der Waals surface area contributed by atoms with Gasteiger partial charge in [-0.15, -0.1) is 5.10 Å². The molecule has 5 unspecified atom stereocenters. The van der Waals surface area contributed by atoms with Crippen molar-refractivity contribution in [2.45, 2.75) is 49.6 Å². The lowest BCUT2D eigenvalue weighted by atomic mass is 9.91. The Balaban J connectivity index is 1.28. The van der Waals surface area contributed by atoms with E-state index in [0.717, 1.165) is 22.3 Å². The predicted octanol–water partition coefficient (Wildman–Crippen LogP) is 4.19. The Labute approximate surface area is 265 Å². The van der Waals surface area contributed by atoms with Gasteiger partial charge in [0.2, 0.25) is 5.16 Å². The first-order valence-corrected chi connectivity index (χ1v) is 15.5. The highest BCUT2D eigenvalue weighted by Crippen LogP contribution is 2.43. The van der Waals surface area contributed by atoms with Crippen LogP contribution in [0.4, 0.5) is 10.5 Å². The number of aryl methyl sites for hydroxylation is 1. The number of amides is 2. The van der Waals surface area contributed by atoms with Crippen molar-refractivity contribution in [2.75, 3.05) is 18.2 Å². The molecule has 1 aliphatic heterocycles. The van der Waals surface area contributed by atoms with E-state index in [9.17, 15) is 14.7 Å². The maximum absolute atomic E-state index is 12.8. The molecule has 1 aromatic heterocycles. The van der Waals surface area contributed by atoms with Crippen LogP contribution >= 0.6 is 11.8 Å². The number of nitrogens with one attached hydrogen (secondary N) is 2. The minimum Gasteiger partial charge on any atom is -0.467 e. The number of aliphatic hydroxyl groups excluding tert-OH is 1. The summed E-state index contributed by atoms with van der Waals surface area (Å²) < 4.78 is 19.5. The van der Waals surface area contributed by atoms with Gasteiger partial charge in [-0.05, 0) is 39.2 Å². The molecular weight excluding hydrogens is 596 g/mol. The summed E-state index contributed by atoms with van der Waals surface area (Å²) in [7, 11) is 3.08. The molecule has 1 saturated heterocycles. The molecule has 2 heterocycles. The molecule has 3 N–H and O–H groups in total. The molecule has 13 heteroatoms. The average molecular weight is 633 g/mol. The third-order valence-electron chi connectivity index (χ3n) is 7.60. The summed E-state index contributed by atoms with van der Waals surface area (Å²) in [5.74, 6) is 0.0667. The Kier molecular flexibility index (Phi) is 10.8.